The maximum absolute atomic E-state index is 12.2. The number of hydrogen-bond donors (Lipinski definition) is 1. The molecule has 3 nitrogen and oxygen atoms in total. The second-order valence-electron chi connectivity index (χ2n) is 6.96. The van der Waals surface area contributed by atoms with E-state index in [1.54, 1.807) is 6.08 Å². The van der Waals surface area contributed by atoms with Gasteiger partial charge in [0.05, 0.1) is 0 Å². The number of carbonyl (C=O) groups excluding carboxylic acids is 1. The Kier molecular flexibility index (Phi) is 4.60. The van der Waals surface area contributed by atoms with Gasteiger partial charge in [-0.2, -0.15) is 0 Å². The summed E-state index contributed by atoms with van der Waals surface area (Å²) < 4.78 is 0. The maximum atomic E-state index is 12.2. The smallest absolute Gasteiger partial charge is 0.243 e. The molecule has 2 aliphatic rings. The standard InChI is InChI=1S/C19H26N2O/c1-15(16-5-6-16)13-18(22)21-14-19(9-3-2-4-10-19)17-7-11-20-12-8-17/h7-8,11-13,16H,2-6,9-10,14H2,1H3,(H,21,22)/b15-13+. The third-order valence-corrected chi connectivity index (χ3v) is 5.28. The molecule has 2 saturated carbocycles. The first kappa shape index (κ1) is 15.3. The minimum Gasteiger partial charge on any atom is -0.352 e. The first-order valence-electron chi connectivity index (χ1n) is 8.56. The average Bonchev–Trinajstić information content (AvgIpc) is 3.40. The highest BCUT2D eigenvalue weighted by atomic mass is 16.1. The molecule has 0 atom stereocenters. The molecule has 1 amide bonds. The van der Waals surface area contributed by atoms with Crippen LogP contribution in [0.1, 0.15) is 57.4 Å². The van der Waals surface area contributed by atoms with Crippen molar-refractivity contribution >= 4 is 5.91 Å². The summed E-state index contributed by atoms with van der Waals surface area (Å²) in [5.74, 6) is 0.734. The second kappa shape index (κ2) is 6.64. The topological polar surface area (TPSA) is 42.0 Å². The normalized spacial score (nSPS) is 21.4. The minimum absolute atomic E-state index is 0.0726. The van der Waals surface area contributed by atoms with Crippen LogP contribution < -0.4 is 5.32 Å². The van der Waals surface area contributed by atoms with Crippen LogP contribution in [0.4, 0.5) is 0 Å². The van der Waals surface area contributed by atoms with Crippen LogP contribution in [-0.4, -0.2) is 17.4 Å². The van der Waals surface area contributed by atoms with Crippen LogP contribution in [-0.2, 0) is 10.2 Å². The molecule has 1 aromatic heterocycles. The average molecular weight is 298 g/mol. The molecule has 0 aromatic carbocycles. The van der Waals surface area contributed by atoms with Gasteiger partial charge in [-0.05, 0) is 56.2 Å². The fraction of sp³-hybridized carbons (Fsp3) is 0.579. The number of aromatic nitrogens is 1. The van der Waals surface area contributed by atoms with E-state index in [2.05, 4.69) is 29.4 Å². The summed E-state index contributed by atoms with van der Waals surface area (Å²) in [5.41, 5.74) is 2.66. The lowest BCUT2D eigenvalue weighted by molar-refractivity contribution is -0.116. The Labute approximate surface area is 133 Å². The summed E-state index contributed by atoms with van der Waals surface area (Å²) in [6.07, 6.45) is 14.1. The molecule has 1 N–H and O–H groups in total. The van der Waals surface area contributed by atoms with Gasteiger partial charge in [0.15, 0.2) is 0 Å². The Morgan fingerprint density at radius 2 is 1.95 bits per heavy atom. The van der Waals surface area contributed by atoms with Crippen LogP contribution in [0.3, 0.4) is 0 Å². The fourth-order valence-corrected chi connectivity index (χ4v) is 3.67. The molecule has 0 bridgehead atoms. The van der Waals surface area contributed by atoms with Crippen LogP contribution >= 0.6 is 0 Å². The van der Waals surface area contributed by atoms with E-state index < -0.39 is 0 Å². The van der Waals surface area contributed by atoms with Gasteiger partial charge < -0.3 is 5.32 Å². The Balaban J connectivity index is 1.68. The van der Waals surface area contributed by atoms with Gasteiger partial charge in [0.2, 0.25) is 5.91 Å². The molecule has 1 heterocycles. The number of rotatable bonds is 5. The maximum Gasteiger partial charge on any atom is 0.243 e. The molecule has 118 valence electrons. The predicted octanol–water partition coefficient (Wildman–Crippen LogP) is 3.76. The highest BCUT2D eigenvalue weighted by Crippen LogP contribution is 2.39. The first-order chi connectivity index (χ1) is 10.7. The van der Waals surface area contributed by atoms with Crippen molar-refractivity contribution in [2.45, 2.75) is 57.3 Å². The number of hydrogen-bond acceptors (Lipinski definition) is 2. The van der Waals surface area contributed by atoms with Gasteiger partial charge in [-0.25, -0.2) is 0 Å². The number of pyridine rings is 1. The van der Waals surface area contributed by atoms with E-state index in [-0.39, 0.29) is 11.3 Å². The lowest BCUT2D eigenvalue weighted by atomic mass is 9.69. The Morgan fingerprint density at radius 1 is 1.27 bits per heavy atom. The zero-order valence-corrected chi connectivity index (χ0v) is 13.5. The Hall–Kier alpha value is -1.64. The van der Waals surface area contributed by atoms with E-state index in [4.69, 9.17) is 0 Å². The van der Waals surface area contributed by atoms with Crippen molar-refractivity contribution in [1.82, 2.24) is 10.3 Å². The third-order valence-electron chi connectivity index (χ3n) is 5.28. The molecule has 22 heavy (non-hydrogen) atoms. The van der Waals surface area contributed by atoms with Crippen molar-refractivity contribution in [3.05, 3.63) is 41.7 Å². The van der Waals surface area contributed by atoms with Crippen molar-refractivity contribution in [2.24, 2.45) is 5.92 Å². The van der Waals surface area contributed by atoms with Crippen molar-refractivity contribution in [3.63, 3.8) is 0 Å². The fourth-order valence-electron chi connectivity index (χ4n) is 3.67. The minimum atomic E-state index is 0.0726. The lowest BCUT2D eigenvalue weighted by Gasteiger charge is -2.38. The number of nitrogens with one attached hydrogen (secondary N) is 1. The van der Waals surface area contributed by atoms with Gasteiger partial charge in [0.25, 0.3) is 0 Å². The monoisotopic (exact) mass is 298 g/mol. The van der Waals surface area contributed by atoms with Gasteiger partial charge >= 0.3 is 0 Å². The van der Waals surface area contributed by atoms with Crippen molar-refractivity contribution in [1.29, 1.82) is 0 Å². The van der Waals surface area contributed by atoms with E-state index >= 15 is 0 Å². The lowest BCUT2D eigenvalue weighted by Crippen LogP contribution is -2.41. The molecule has 3 rings (SSSR count). The number of nitrogens with zero attached hydrogens (tertiary/aromatic N) is 1. The second-order valence-corrected chi connectivity index (χ2v) is 6.96. The quantitative estimate of drug-likeness (QED) is 0.841. The van der Waals surface area contributed by atoms with E-state index in [1.807, 2.05) is 12.4 Å². The highest BCUT2D eigenvalue weighted by Gasteiger charge is 2.34. The summed E-state index contributed by atoms with van der Waals surface area (Å²) in [5, 5.41) is 3.17. The summed E-state index contributed by atoms with van der Waals surface area (Å²) in [7, 11) is 0. The Bertz CT molecular complexity index is 540. The summed E-state index contributed by atoms with van der Waals surface area (Å²) in [6, 6.07) is 4.23. The Morgan fingerprint density at radius 3 is 2.59 bits per heavy atom. The molecule has 0 saturated heterocycles. The number of carbonyl (C=O) groups is 1. The summed E-state index contributed by atoms with van der Waals surface area (Å²) in [4.78, 5) is 16.3. The van der Waals surface area contributed by atoms with Crippen molar-refractivity contribution < 1.29 is 4.79 Å². The molecule has 0 radical (unpaired) electrons. The zero-order chi connectivity index (χ0) is 15.4. The van der Waals surface area contributed by atoms with E-state index in [9.17, 15) is 4.79 Å². The van der Waals surface area contributed by atoms with Crippen LogP contribution in [0.2, 0.25) is 0 Å². The molecule has 3 heteroatoms. The van der Waals surface area contributed by atoms with Crippen LogP contribution in [0.25, 0.3) is 0 Å². The van der Waals surface area contributed by atoms with Crippen molar-refractivity contribution in [2.75, 3.05) is 6.54 Å². The summed E-state index contributed by atoms with van der Waals surface area (Å²) in [6.45, 7) is 2.82. The van der Waals surface area contributed by atoms with Crippen LogP contribution in [0.15, 0.2) is 36.2 Å². The van der Waals surface area contributed by atoms with E-state index in [0.29, 0.717) is 5.92 Å². The number of amides is 1. The van der Waals surface area contributed by atoms with Gasteiger partial charge in [0.1, 0.15) is 0 Å². The van der Waals surface area contributed by atoms with Gasteiger partial charge in [0, 0.05) is 30.4 Å². The SMILES string of the molecule is C/C(=C\C(=O)NCC1(c2ccncc2)CCCCC1)C1CC1. The highest BCUT2D eigenvalue weighted by molar-refractivity contribution is 5.88. The first-order valence-corrected chi connectivity index (χ1v) is 8.56. The predicted molar refractivity (Wildman–Crippen MR) is 88.5 cm³/mol. The van der Waals surface area contributed by atoms with Crippen LogP contribution in [0.5, 0.6) is 0 Å². The number of allylic oxidation sites excluding steroid dienone is 1. The van der Waals surface area contributed by atoms with E-state index in [0.717, 1.165) is 19.4 Å². The largest absolute Gasteiger partial charge is 0.352 e. The van der Waals surface area contributed by atoms with Crippen LogP contribution in [0, 0.1) is 5.92 Å². The molecule has 0 spiro atoms. The van der Waals surface area contributed by atoms with Gasteiger partial charge in [-0.3, -0.25) is 9.78 Å². The molecule has 0 unspecified atom stereocenters. The third kappa shape index (κ3) is 3.57. The van der Waals surface area contributed by atoms with Gasteiger partial charge in [-0.1, -0.05) is 24.8 Å². The zero-order valence-electron chi connectivity index (χ0n) is 13.5. The molecule has 2 aliphatic carbocycles. The van der Waals surface area contributed by atoms with Gasteiger partial charge in [-0.15, -0.1) is 0 Å². The molecule has 0 aliphatic heterocycles. The van der Waals surface area contributed by atoms with Crippen molar-refractivity contribution in [3.8, 4) is 0 Å². The molecule has 2 fully saturated rings. The molecular formula is C19H26N2O. The molecular weight excluding hydrogens is 272 g/mol. The summed E-state index contributed by atoms with van der Waals surface area (Å²) >= 11 is 0. The molecule has 1 aromatic rings. The van der Waals surface area contributed by atoms with E-state index in [1.165, 1.54) is 43.2 Å².